The summed E-state index contributed by atoms with van der Waals surface area (Å²) in [4.78, 5) is 23.8. The third-order valence-electron chi connectivity index (χ3n) is 2.05. The van der Waals surface area contributed by atoms with Crippen molar-refractivity contribution in [2.45, 2.75) is 19.3 Å². The number of carbonyl (C=O) groups excluding carboxylic acids is 2. The molecule has 0 spiro atoms. The molecule has 0 atom stereocenters. The molecule has 0 radical (unpaired) electrons. The third kappa shape index (κ3) is 3.86. The molecule has 0 saturated heterocycles. The Morgan fingerprint density at radius 1 is 1.24 bits per heavy atom. The van der Waals surface area contributed by atoms with Crippen molar-refractivity contribution in [2.75, 3.05) is 27.2 Å². The van der Waals surface area contributed by atoms with Crippen molar-refractivity contribution in [2.24, 2.45) is 0 Å². The molecule has 0 fully saturated rings. The van der Waals surface area contributed by atoms with Crippen molar-refractivity contribution in [1.82, 2.24) is 9.80 Å². The molecule has 17 heavy (non-hydrogen) atoms. The van der Waals surface area contributed by atoms with Gasteiger partial charge in [-0.1, -0.05) is 0 Å². The van der Waals surface area contributed by atoms with Crippen LogP contribution in [0.5, 0.6) is 0 Å². The molecule has 0 N–H and O–H groups in total. The lowest BCUT2D eigenvalue weighted by Crippen LogP contribution is -2.50. The van der Waals surface area contributed by atoms with Crippen LogP contribution in [0, 0.1) is 0 Å². The minimum Gasteiger partial charge on any atom is -0.347 e. The van der Waals surface area contributed by atoms with E-state index < -0.39 is 30.7 Å². The molecule has 2 amide bonds. The standard InChI is InChI=1S/C9H14F4N2O2/c1-4-15(5-6(16)14(2)3)8(17)9(12,13)7(10)11/h7H,4-5H2,1-3H3. The van der Waals surface area contributed by atoms with Crippen LogP contribution in [-0.4, -0.2) is 61.1 Å². The van der Waals surface area contributed by atoms with Gasteiger partial charge in [-0.3, -0.25) is 9.59 Å². The van der Waals surface area contributed by atoms with Gasteiger partial charge in [0.15, 0.2) is 0 Å². The molecular formula is C9H14F4N2O2. The smallest absolute Gasteiger partial charge is 0.347 e. The largest absolute Gasteiger partial charge is 0.383 e. The second-order valence-corrected chi connectivity index (χ2v) is 3.53. The van der Waals surface area contributed by atoms with Gasteiger partial charge in [-0.15, -0.1) is 0 Å². The highest BCUT2D eigenvalue weighted by Gasteiger charge is 2.51. The van der Waals surface area contributed by atoms with E-state index in [1.165, 1.54) is 21.0 Å². The van der Waals surface area contributed by atoms with Crippen LogP contribution in [0.25, 0.3) is 0 Å². The van der Waals surface area contributed by atoms with E-state index in [4.69, 9.17) is 0 Å². The van der Waals surface area contributed by atoms with Crippen LogP contribution in [0.2, 0.25) is 0 Å². The molecule has 0 heterocycles. The number of hydrogen-bond acceptors (Lipinski definition) is 2. The molecular weight excluding hydrogens is 244 g/mol. The van der Waals surface area contributed by atoms with Crippen molar-refractivity contribution in [1.29, 1.82) is 0 Å². The average molecular weight is 258 g/mol. The van der Waals surface area contributed by atoms with Gasteiger partial charge in [-0.2, -0.15) is 8.78 Å². The van der Waals surface area contributed by atoms with E-state index in [-0.39, 0.29) is 6.54 Å². The normalized spacial score (nSPS) is 11.5. The fraction of sp³-hybridized carbons (Fsp3) is 0.778. The van der Waals surface area contributed by atoms with Gasteiger partial charge >= 0.3 is 12.3 Å². The Hall–Kier alpha value is -1.34. The summed E-state index contributed by atoms with van der Waals surface area (Å²) < 4.78 is 49.5. The van der Waals surface area contributed by atoms with Crippen molar-refractivity contribution in [3.05, 3.63) is 0 Å². The van der Waals surface area contributed by atoms with E-state index in [0.717, 1.165) is 4.90 Å². The Bertz CT molecular complexity index is 295. The van der Waals surface area contributed by atoms with Crippen LogP contribution in [0.4, 0.5) is 17.6 Å². The topological polar surface area (TPSA) is 40.6 Å². The Labute approximate surface area is 96.2 Å². The number of carbonyl (C=O) groups is 2. The summed E-state index contributed by atoms with van der Waals surface area (Å²) in [6.45, 7) is 0.424. The number of likely N-dealkylation sites (N-methyl/N-ethyl adjacent to an activating group) is 2. The van der Waals surface area contributed by atoms with Gasteiger partial charge in [0.05, 0.1) is 6.54 Å². The highest BCUT2D eigenvalue weighted by atomic mass is 19.3. The Morgan fingerprint density at radius 2 is 1.71 bits per heavy atom. The predicted octanol–water partition coefficient (Wildman–Crippen LogP) is 0.824. The summed E-state index contributed by atoms with van der Waals surface area (Å²) >= 11 is 0. The van der Waals surface area contributed by atoms with Crippen molar-refractivity contribution in [3.63, 3.8) is 0 Å². The fourth-order valence-electron chi connectivity index (χ4n) is 0.936. The Kier molecular flexibility index (Phi) is 5.37. The molecule has 0 aliphatic heterocycles. The highest BCUT2D eigenvalue weighted by Crippen LogP contribution is 2.25. The number of hydrogen-bond donors (Lipinski definition) is 0. The van der Waals surface area contributed by atoms with Crippen LogP contribution < -0.4 is 0 Å². The quantitative estimate of drug-likeness (QED) is 0.685. The average Bonchev–Trinajstić information content (AvgIpc) is 2.23. The first kappa shape index (κ1) is 15.7. The second-order valence-electron chi connectivity index (χ2n) is 3.53. The van der Waals surface area contributed by atoms with Crippen molar-refractivity contribution >= 4 is 11.8 Å². The summed E-state index contributed by atoms with van der Waals surface area (Å²) in [5.41, 5.74) is 0. The van der Waals surface area contributed by atoms with Gasteiger partial charge in [0.1, 0.15) is 0 Å². The summed E-state index contributed by atoms with van der Waals surface area (Å²) in [6, 6.07) is 0. The summed E-state index contributed by atoms with van der Waals surface area (Å²) in [5.74, 6) is -7.42. The second kappa shape index (κ2) is 5.83. The lowest BCUT2D eigenvalue weighted by atomic mass is 10.3. The van der Waals surface area contributed by atoms with Gasteiger partial charge in [0, 0.05) is 20.6 Å². The van der Waals surface area contributed by atoms with Gasteiger partial charge in [-0.25, -0.2) is 8.78 Å². The molecule has 0 aliphatic carbocycles. The minimum atomic E-state index is -4.76. The molecule has 4 nitrogen and oxygen atoms in total. The monoisotopic (exact) mass is 258 g/mol. The molecule has 0 unspecified atom stereocenters. The third-order valence-corrected chi connectivity index (χ3v) is 2.05. The van der Waals surface area contributed by atoms with Gasteiger partial charge in [-0.05, 0) is 6.92 Å². The molecule has 8 heteroatoms. The molecule has 0 aromatic rings. The molecule has 0 aliphatic rings. The number of rotatable bonds is 5. The van der Waals surface area contributed by atoms with Gasteiger partial charge in [0.25, 0.3) is 5.91 Å². The lowest BCUT2D eigenvalue weighted by molar-refractivity contribution is -0.181. The maximum Gasteiger partial charge on any atom is 0.383 e. The summed E-state index contributed by atoms with van der Waals surface area (Å²) in [5, 5.41) is 0. The number of alkyl halides is 4. The van der Waals surface area contributed by atoms with Crippen molar-refractivity contribution < 1.29 is 27.2 Å². The van der Waals surface area contributed by atoms with E-state index in [0.29, 0.717) is 4.90 Å². The number of halogens is 4. The zero-order valence-electron chi connectivity index (χ0n) is 9.71. The van der Waals surface area contributed by atoms with E-state index in [9.17, 15) is 27.2 Å². The highest BCUT2D eigenvalue weighted by molar-refractivity contribution is 5.88. The Morgan fingerprint density at radius 3 is 2.00 bits per heavy atom. The maximum atomic E-state index is 12.8. The first-order valence-corrected chi connectivity index (χ1v) is 4.80. The van der Waals surface area contributed by atoms with Crippen LogP contribution >= 0.6 is 0 Å². The van der Waals surface area contributed by atoms with E-state index in [2.05, 4.69) is 0 Å². The fourth-order valence-corrected chi connectivity index (χ4v) is 0.936. The molecule has 0 aromatic carbocycles. The predicted molar refractivity (Wildman–Crippen MR) is 51.9 cm³/mol. The summed E-state index contributed by atoms with van der Waals surface area (Å²) in [6.07, 6.45) is -4.08. The van der Waals surface area contributed by atoms with Crippen LogP contribution in [0.3, 0.4) is 0 Å². The molecule has 100 valence electrons. The lowest BCUT2D eigenvalue weighted by Gasteiger charge is -2.26. The van der Waals surface area contributed by atoms with Crippen LogP contribution in [0.1, 0.15) is 6.92 Å². The van der Waals surface area contributed by atoms with Crippen LogP contribution in [-0.2, 0) is 9.59 Å². The number of amides is 2. The van der Waals surface area contributed by atoms with Crippen molar-refractivity contribution in [3.8, 4) is 0 Å². The summed E-state index contributed by atoms with van der Waals surface area (Å²) in [7, 11) is 2.73. The van der Waals surface area contributed by atoms with Crippen LogP contribution in [0.15, 0.2) is 0 Å². The minimum absolute atomic E-state index is 0.249. The van der Waals surface area contributed by atoms with E-state index in [1.54, 1.807) is 0 Å². The molecule has 0 saturated carbocycles. The Balaban J connectivity index is 4.79. The van der Waals surface area contributed by atoms with E-state index >= 15 is 0 Å². The first-order chi connectivity index (χ1) is 7.64. The molecule has 0 bridgehead atoms. The maximum absolute atomic E-state index is 12.8. The first-order valence-electron chi connectivity index (χ1n) is 4.80. The molecule has 0 rings (SSSR count). The van der Waals surface area contributed by atoms with E-state index in [1.807, 2.05) is 0 Å². The SMILES string of the molecule is CCN(CC(=O)N(C)C)C(=O)C(F)(F)C(F)F. The number of nitrogens with zero attached hydrogens (tertiary/aromatic N) is 2. The zero-order valence-corrected chi connectivity index (χ0v) is 9.71. The molecule has 0 aromatic heterocycles. The zero-order chi connectivity index (χ0) is 13.8. The van der Waals surface area contributed by atoms with Gasteiger partial charge < -0.3 is 9.80 Å². The van der Waals surface area contributed by atoms with Gasteiger partial charge in [0.2, 0.25) is 5.91 Å².